The van der Waals surface area contributed by atoms with Gasteiger partial charge >= 0.3 is 0 Å². The molecule has 0 rings (SSSR count). The van der Waals surface area contributed by atoms with Crippen molar-refractivity contribution < 1.29 is 32.9 Å². The lowest BCUT2D eigenvalue weighted by Gasteiger charge is -2.29. The van der Waals surface area contributed by atoms with Gasteiger partial charge in [0.25, 0.3) is 7.82 Å². The van der Waals surface area contributed by atoms with Crippen molar-refractivity contribution in [3.8, 4) is 0 Å². The number of hydrogen-bond donors (Lipinski definition) is 2. The number of unbranched alkanes of at least 4 members (excludes halogenated alkanes) is 26. The minimum atomic E-state index is -4.60. The second-order valence-corrected chi connectivity index (χ2v) is 20.3. The van der Waals surface area contributed by atoms with Crippen LogP contribution in [-0.2, 0) is 18.4 Å². The summed E-state index contributed by atoms with van der Waals surface area (Å²) in [5, 5.41) is 13.8. The molecule has 0 heterocycles. The Morgan fingerprint density at radius 3 is 1.41 bits per heavy atom. The number of aliphatic hydroxyl groups excluding tert-OH is 1. The molecule has 368 valence electrons. The summed E-state index contributed by atoms with van der Waals surface area (Å²) in [6, 6.07) is -0.902. The highest BCUT2D eigenvalue weighted by atomic mass is 31.2. The number of hydrogen-bond acceptors (Lipinski definition) is 6. The monoisotopic (exact) mass is 905 g/mol. The summed E-state index contributed by atoms with van der Waals surface area (Å²) in [6.45, 7) is 4.52. The van der Waals surface area contributed by atoms with Crippen LogP contribution < -0.4 is 10.2 Å². The number of rotatable bonds is 47. The zero-order valence-corrected chi connectivity index (χ0v) is 42.7. The van der Waals surface area contributed by atoms with Gasteiger partial charge in [0.2, 0.25) is 5.91 Å². The second-order valence-electron chi connectivity index (χ2n) is 18.9. The molecule has 0 aliphatic rings. The number of allylic oxidation sites excluding steroid dienone is 9. The van der Waals surface area contributed by atoms with Gasteiger partial charge in [-0.2, -0.15) is 0 Å². The number of phosphoric ester groups is 1. The Labute approximate surface area is 390 Å². The molecule has 0 aromatic rings. The molecule has 0 saturated heterocycles. The van der Waals surface area contributed by atoms with Gasteiger partial charge in [-0.25, -0.2) is 0 Å². The van der Waals surface area contributed by atoms with Crippen LogP contribution in [0.3, 0.4) is 0 Å². The highest BCUT2D eigenvalue weighted by molar-refractivity contribution is 7.45. The van der Waals surface area contributed by atoms with E-state index in [1.807, 2.05) is 27.2 Å². The third-order valence-electron chi connectivity index (χ3n) is 11.5. The predicted molar refractivity (Wildman–Crippen MR) is 270 cm³/mol. The summed E-state index contributed by atoms with van der Waals surface area (Å²) in [7, 11) is 1.24. The quantitative estimate of drug-likeness (QED) is 0.0273. The van der Waals surface area contributed by atoms with Crippen LogP contribution >= 0.6 is 7.82 Å². The molecule has 0 bridgehead atoms. The van der Waals surface area contributed by atoms with E-state index in [0.717, 1.165) is 77.0 Å². The average Bonchev–Trinajstić information content (AvgIpc) is 3.24. The smallest absolute Gasteiger partial charge is 0.268 e. The molecule has 0 aromatic heterocycles. The zero-order valence-electron chi connectivity index (χ0n) is 41.8. The third kappa shape index (κ3) is 48.0. The number of likely N-dealkylation sites (N-methyl/N-ethyl adjacent to an activating group) is 1. The first-order chi connectivity index (χ1) is 30.5. The number of amides is 1. The summed E-state index contributed by atoms with van der Waals surface area (Å²) in [5.74, 6) is -0.221. The Hall–Kier alpha value is -1.80. The molecule has 8 nitrogen and oxygen atoms in total. The van der Waals surface area contributed by atoms with Crippen LogP contribution in [0.2, 0.25) is 0 Å². The fourth-order valence-electron chi connectivity index (χ4n) is 7.38. The lowest BCUT2D eigenvalue weighted by atomic mass is 10.0. The molecule has 0 saturated carbocycles. The summed E-state index contributed by atoms with van der Waals surface area (Å²) < 4.78 is 23.3. The lowest BCUT2D eigenvalue weighted by molar-refractivity contribution is -0.870. The van der Waals surface area contributed by atoms with E-state index in [2.05, 4.69) is 67.8 Å². The van der Waals surface area contributed by atoms with Gasteiger partial charge in [0.15, 0.2) is 0 Å². The summed E-state index contributed by atoms with van der Waals surface area (Å²) >= 11 is 0. The van der Waals surface area contributed by atoms with Gasteiger partial charge in [0.1, 0.15) is 13.2 Å². The highest BCUT2D eigenvalue weighted by Crippen LogP contribution is 2.38. The Kier molecular flexibility index (Phi) is 44.1. The van der Waals surface area contributed by atoms with Gasteiger partial charge < -0.3 is 28.8 Å². The molecule has 0 aliphatic heterocycles. The maximum atomic E-state index is 12.9. The predicted octanol–water partition coefficient (Wildman–Crippen LogP) is 14.7. The van der Waals surface area contributed by atoms with Crippen LogP contribution in [0.15, 0.2) is 60.8 Å². The Balaban J connectivity index is 4.31. The molecule has 9 heteroatoms. The number of aliphatic hydroxyl groups is 1. The average molecular weight is 905 g/mol. The van der Waals surface area contributed by atoms with E-state index in [4.69, 9.17) is 9.05 Å². The van der Waals surface area contributed by atoms with Crippen molar-refractivity contribution in [2.45, 2.75) is 238 Å². The molecule has 1 amide bonds. The van der Waals surface area contributed by atoms with E-state index in [9.17, 15) is 19.4 Å². The first-order valence-electron chi connectivity index (χ1n) is 26.2. The van der Waals surface area contributed by atoms with Gasteiger partial charge in [-0.05, 0) is 57.8 Å². The molecule has 0 radical (unpaired) electrons. The topological polar surface area (TPSA) is 108 Å². The van der Waals surface area contributed by atoms with Crippen molar-refractivity contribution in [2.24, 2.45) is 0 Å². The van der Waals surface area contributed by atoms with Gasteiger partial charge in [-0.1, -0.05) is 222 Å². The number of carbonyl (C=O) groups excluding carboxylic acids is 1. The van der Waals surface area contributed by atoms with E-state index in [1.54, 1.807) is 6.08 Å². The Bertz CT molecular complexity index is 1210. The van der Waals surface area contributed by atoms with Crippen LogP contribution in [0.25, 0.3) is 0 Å². The summed E-state index contributed by atoms with van der Waals surface area (Å²) in [6.07, 6.45) is 60.0. The maximum Gasteiger partial charge on any atom is 0.268 e. The SMILES string of the molecule is CC/C=C\C/C=C\C/C=C\C/C=C\CCCCCCC(=O)NC(COP(=O)([O-])OCC[N+](C)(C)C)C(O)/C=C/CCCCCCCCCCCCCCCCCCCCCCCC. The fraction of sp³-hybridized carbons (Fsp3) is 0.796. The molecule has 63 heavy (non-hydrogen) atoms. The van der Waals surface area contributed by atoms with Crippen LogP contribution in [0.5, 0.6) is 0 Å². The molecule has 0 spiro atoms. The van der Waals surface area contributed by atoms with Gasteiger partial charge in [0, 0.05) is 6.42 Å². The molecule has 0 fully saturated rings. The number of carbonyl (C=O) groups is 1. The van der Waals surface area contributed by atoms with Crippen LogP contribution in [0, 0.1) is 0 Å². The van der Waals surface area contributed by atoms with Gasteiger partial charge in [-0.3, -0.25) is 9.36 Å². The number of nitrogens with zero attached hydrogens (tertiary/aromatic N) is 1. The van der Waals surface area contributed by atoms with E-state index in [1.165, 1.54) is 128 Å². The van der Waals surface area contributed by atoms with E-state index < -0.39 is 26.6 Å². The van der Waals surface area contributed by atoms with Crippen molar-refractivity contribution in [1.82, 2.24) is 5.32 Å². The minimum absolute atomic E-state index is 0.00835. The van der Waals surface area contributed by atoms with Crippen molar-refractivity contribution in [1.29, 1.82) is 0 Å². The normalized spacial score (nSPS) is 14.6. The van der Waals surface area contributed by atoms with Crippen LogP contribution in [-0.4, -0.2) is 68.5 Å². The molecular weight excluding hydrogens is 804 g/mol. The molecule has 0 aliphatic carbocycles. The Morgan fingerprint density at radius 1 is 0.571 bits per heavy atom. The van der Waals surface area contributed by atoms with E-state index >= 15 is 0 Å². The molecule has 0 aromatic carbocycles. The van der Waals surface area contributed by atoms with Gasteiger partial charge in [-0.15, -0.1) is 0 Å². The minimum Gasteiger partial charge on any atom is -0.756 e. The molecular formula is C54H101N2O6P. The second kappa shape index (κ2) is 45.4. The van der Waals surface area contributed by atoms with Crippen molar-refractivity contribution in [3.05, 3.63) is 60.8 Å². The van der Waals surface area contributed by atoms with Crippen molar-refractivity contribution in [3.63, 3.8) is 0 Å². The highest BCUT2D eigenvalue weighted by Gasteiger charge is 2.23. The third-order valence-corrected chi connectivity index (χ3v) is 12.4. The maximum absolute atomic E-state index is 12.9. The van der Waals surface area contributed by atoms with Crippen LogP contribution in [0.4, 0.5) is 0 Å². The van der Waals surface area contributed by atoms with E-state index in [0.29, 0.717) is 17.4 Å². The van der Waals surface area contributed by atoms with Gasteiger partial charge in [0.05, 0.1) is 39.9 Å². The standard InChI is InChI=1S/C54H101N2O6P/c1-6-8-10-12-14-16-18-20-22-24-25-26-27-28-29-30-32-33-35-37-39-41-43-45-47-53(57)52(51-62-63(59,60)61-50-49-56(3,4)5)55-54(58)48-46-44-42-40-38-36-34-31-23-21-19-17-15-13-11-9-7-2/h9,11,15,17,21,23,34,36,45,47,52-53,57H,6-8,10,12-14,16,18-20,22,24-33,35,37-44,46,48-51H2,1-5H3,(H-,55,58,59,60)/b11-9-,17-15-,23-21-,36-34-,47-45+. The molecule has 3 unspecified atom stereocenters. The molecule has 2 N–H and O–H groups in total. The summed E-state index contributed by atoms with van der Waals surface area (Å²) in [5.41, 5.74) is 0. The van der Waals surface area contributed by atoms with E-state index in [-0.39, 0.29) is 12.5 Å². The zero-order chi connectivity index (χ0) is 46.4. The number of phosphoric acid groups is 1. The first kappa shape index (κ1) is 61.2. The number of quaternary nitrogens is 1. The largest absolute Gasteiger partial charge is 0.756 e. The van der Waals surface area contributed by atoms with Crippen molar-refractivity contribution in [2.75, 3.05) is 40.9 Å². The number of nitrogens with one attached hydrogen (secondary N) is 1. The van der Waals surface area contributed by atoms with Crippen molar-refractivity contribution >= 4 is 13.7 Å². The van der Waals surface area contributed by atoms with Crippen LogP contribution in [0.1, 0.15) is 226 Å². The fourth-order valence-corrected chi connectivity index (χ4v) is 8.10. The summed E-state index contributed by atoms with van der Waals surface area (Å²) in [4.78, 5) is 25.4. The Morgan fingerprint density at radius 2 is 0.968 bits per heavy atom. The first-order valence-corrected chi connectivity index (χ1v) is 27.6. The molecule has 3 atom stereocenters. The lowest BCUT2D eigenvalue weighted by Crippen LogP contribution is -2.45.